The van der Waals surface area contributed by atoms with Gasteiger partial charge in [-0.15, -0.1) is 0 Å². The Morgan fingerprint density at radius 1 is 0.891 bits per heavy atom. The highest BCUT2D eigenvalue weighted by Crippen LogP contribution is 2.34. The number of nitro groups is 3. The Labute approximate surface area is 265 Å². The van der Waals surface area contributed by atoms with E-state index in [9.17, 15) is 38.8 Å². The number of nitro benzene ring substituents is 3. The van der Waals surface area contributed by atoms with Crippen molar-refractivity contribution in [3.05, 3.63) is 109 Å². The molecule has 0 atom stereocenters. The summed E-state index contributed by atoms with van der Waals surface area (Å²) in [5, 5.41) is 38.8. The Morgan fingerprint density at radius 3 is 2.17 bits per heavy atom. The van der Waals surface area contributed by atoms with Crippen molar-refractivity contribution in [2.45, 2.75) is 14.9 Å². The van der Waals surface area contributed by atoms with Gasteiger partial charge in [-0.1, -0.05) is 6.07 Å². The molecule has 1 aliphatic heterocycles. The van der Waals surface area contributed by atoms with E-state index in [0.29, 0.717) is 21.3 Å². The largest absolute Gasteiger partial charge is 0.369 e. The SMILES string of the molecule is Cn1ccnc1Sc1ccc(/C=N\Nc2ccc([N+](=O)[O-])cc2S(=O)(=O)N2CCN(c3ccc([N+](=O)[O-])cc3)CC2)cc1[N+](=O)[O-]. The van der Waals surface area contributed by atoms with Crippen LogP contribution in [0.25, 0.3) is 0 Å². The maximum Gasteiger partial charge on any atom is 0.283 e. The molecule has 0 saturated carbocycles. The fraction of sp³-hybridized carbons (Fsp3) is 0.185. The van der Waals surface area contributed by atoms with E-state index in [1.165, 1.54) is 34.8 Å². The van der Waals surface area contributed by atoms with Crippen molar-refractivity contribution >= 4 is 56.4 Å². The number of hydrogen-bond donors (Lipinski definition) is 1. The summed E-state index contributed by atoms with van der Waals surface area (Å²) >= 11 is 1.12. The van der Waals surface area contributed by atoms with Crippen LogP contribution in [0.4, 0.5) is 28.4 Å². The van der Waals surface area contributed by atoms with Crippen molar-refractivity contribution in [1.82, 2.24) is 13.9 Å². The molecule has 0 bridgehead atoms. The first-order chi connectivity index (χ1) is 21.9. The topological polar surface area (TPSA) is 212 Å². The van der Waals surface area contributed by atoms with Gasteiger partial charge in [-0.05, 0) is 36.0 Å². The van der Waals surface area contributed by atoms with Crippen molar-refractivity contribution in [2.75, 3.05) is 36.5 Å². The van der Waals surface area contributed by atoms with Gasteiger partial charge in [0.1, 0.15) is 4.90 Å². The van der Waals surface area contributed by atoms with Gasteiger partial charge in [0.15, 0.2) is 5.16 Å². The van der Waals surface area contributed by atoms with E-state index in [0.717, 1.165) is 23.9 Å². The lowest BCUT2D eigenvalue weighted by molar-refractivity contribution is -0.387. The van der Waals surface area contributed by atoms with Crippen LogP contribution < -0.4 is 10.3 Å². The molecule has 238 valence electrons. The summed E-state index contributed by atoms with van der Waals surface area (Å²) in [6.07, 6.45) is 4.56. The molecule has 46 heavy (non-hydrogen) atoms. The van der Waals surface area contributed by atoms with Crippen LogP contribution in [0.1, 0.15) is 5.56 Å². The molecule has 17 nitrogen and oxygen atoms in total. The number of rotatable bonds is 11. The summed E-state index contributed by atoms with van der Waals surface area (Å²) < 4.78 is 30.4. The second-order valence-electron chi connectivity index (χ2n) is 9.88. The molecule has 5 rings (SSSR count). The van der Waals surface area contributed by atoms with Gasteiger partial charge in [0, 0.05) is 87.2 Å². The van der Waals surface area contributed by atoms with Crippen molar-refractivity contribution in [3.8, 4) is 0 Å². The number of hydrogen-bond acceptors (Lipinski definition) is 13. The number of benzene rings is 3. The van der Waals surface area contributed by atoms with Crippen LogP contribution >= 0.6 is 11.8 Å². The number of nitrogens with zero attached hydrogens (tertiary/aromatic N) is 8. The zero-order valence-electron chi connectivity index (χ0n) is 24.0. The summed E-state index contributed by atoms with van der Waals surface area (Å²) in [7, 11) is -2.48. The molecule has 1 fully saturated rings. The van der Waals surface area contributed by atoms with E-state index < -0.39 is 30.5 Å². The summed E-state index contributed by atoms with van der Waals surface area (Å²) in [5.74, 6) is 0. The highest BCUT2D eigenvalue weighted by Gasteiger charge is 2.32. The highest BCUT2D eigenvalue weighted by atomic mass is 32.2. The molecule has 0 spiro atoms. The van der Waals surface area contributed by atoms with E-state index in [-0.39, 0.29) is 48.1 Å². The zero-order chi connectivity index (χ0) is 33.0. The molecule has 1 aromatic heterocycles. The molecule has 1 N–H and O–H groups in total. The molecular weight excluding hydrogens is 642 g/mol. The molecule has 0 amide bonds. The van der Waals surface area contributed by atoms with E-state index >= 15 is 0 Å². The van der Waals surface area contributed by atoms with Crippen LogP contribution in [0.5, 0.6) is 0 Å². The molecule has 4 aromatic rings. The number of non-ortho nitro benzene ring substituents is 2. The lowest BCUT2D eigenvalue weighted by Crippen LogP contribution is -2.48. The van der Waals surface area contributed by atoms with E-state index in [4.69, 9.17) is 0 Å². The molecule has 0 aliphatic carbocycles. The monoisotopic (exact) mass is 667 g/mol. The summed E-state index contributed by atoms with van der Waals surface area (Å²) in [6.45, 7) is 0.661. The lowest BCUT2D eigenvalue weighted by atomic mass is 10.2. The number of anilines is 2. The van der Waals surface area contributed by atoms with Crippen LogP contribution in [0.15, 0.2) is 93.1 Å². The third kappa shape index (κ3) is 6.95. The normalized spacial score (nSPS) is 14.0. The highest BCUT2D eigenvalue weighted by molar-refractivity contribution is 7.99. The molecule has 0 radical (unpaired) electrons. The van der Waals surface area contributed by atoms with E-state index in [1.54, 1.807) is 48.3 Å². The maximum atomic E-state index is 13.7. The number of sulfonamides is 1. The van der Waals surface area contributed by atoms with E-state index in [2.05, 4.69) is 15.5 Å². The number of aryl methyl sites for hydroxylation is 1. The molecule has 2 heterocycles. The number of nitrogens with one attached hydrogen (secondary N) is 1. The van der Waals surface area contributed by atoms with Gasteiger partial charge in [0.05, 0.1) is 31.6 Å². The van der Waals surface area contributed by atoms with Gasteiger partial charge in [0.2, 0.25) is 10.0 Å². The minimum atomic E-state index is -4.24. The van der Waals surface area contributed by atoms with Gasteiger partial charge >= 0.3 is 0 Å². The zero-order valence-corrected chi connectivity index (χ0v) is 25.6. The summed E-state index contributed by atoms with van der Waals surface area (Å²) in [5.41, 5.74) is 2.95. The predicted molar refractivity (Wildman–Crippen MR) is 169 cm³/mol. The van der Waals surface area contributed by atoms with Crippen LogP contribution in [0, 0.1) is 30.3 Å². The molecule has 0 unspecified atom stereocenters. The van der Waals surface area contributed by atoms with Gasteiger partial charge in [-0.25, -0.2) is 13.4 Å². The van der Waals surface area contributed by atoms with Crippen molar-refractivity contribution < 1.29 is 23.2 Å². The van der Waals surface area contributed by atoms with Crippen molar-refractivity contribution in [2.24, 2.45) is 12.1 Å². The first-order valence-electron chi connectivity index (χ1n) is 13.4. The van der Waals surface area contributed by atoms with Crippen LogP contribution in [-0.4, -0.2) is 69.4 Å². The first kappa shape index (κ1) is 32.0. The average molecular weight is 668 g/mol. The number of aromatic nitrogens is 2. The quantitative estimate of drug-likeness (QED) is 0.135. The third-order valence-corrected chi connectivity index (χ3v) is 10.1. The Kier molecular flexibility index (Phi) is 9.26. The first-order valence-corrected chi connectivity index (χ1v) is 15.7. The summed E-state index contributed by atoms with van der Waals surface area (Å²) in [4.78, 5) is 38.5. The minimum Gasteiger partial charge on any atom is -0.369 e. The molecule has 19 heteroatoms. The van der Waals surface area contributed by atoms with E-state index in [1.807, 2.05) is 4.90 Å². The van der Waals surface area contributed by atoms with Gasteiger partial charge in [-0.2, -0.15) is 9.41 Å². The van der Waals surface area contributed by atoms with Gasteiger partial charge < -0.3 is 9.47 Å². The molecule has 1 aliphatic rings. The van der Waals surface area contributed by atoms with Gasteiger partial charge in [0.25, 0.3) is 17.1 Å². The Morgan fingerprint density at radius 2 is 1.57 bits per heavy atom. The number of imidazole rings is 1. The lowest BCUT2D eigenvalue weighted by Gasteiger charge is -2.35. The molecular formula is C27H25N9O8S2. The summed E-state index contributed by atoms with van der Waals surface area (Å²) in [6, 6.07) is 13.7. The average Bonchev–Trinajstić information content (AvgIpc) is 3.45. The Hall–Kier alpha value is -5.40. The standard InChI is InChI=1S/C27H25N9O8S2/c1-31-11-10-28-27(31)45-25-9-2-19(16-24(25)36(41)42)18-29-30-23-8-7-22(35(39)40)17-26(23)46(43,44)33-14-12-32(13-15-33)20-3-5-21(6-4-20)34(37)38/h2-11,16-18,30H,12-15H2,1H3/b29-18-. The Balaban J connectivity index is 1.34. The number of hydrazone groups is 1. The fourth-order valence-electron chi connectivity index (χ4n) is 4.61. The maximum absolute atomic E-state index is 13.7. The third-order valence-electron chi connectivity index (χ3n) is 7.01. The second kappa shape index (κ2) is 13.3. The van der Waals surface area contributed by atoms with Gasteiger partial charge in [-0.3, -0.25) is 35.8 Å². The van der Waals surface area contributed by atoms with Crippen molar-refractivity contribution in [1.29, 1.82) is 0 Å². The molecule has 3 aromatic carbocycles. The van der Waals surface area contributed by atoms with Crippen LogP contribution in [-0.2, 0) is 17.1 Å². The smallest absolute Gasteiger partial charge is 0.283 e. The fourth-order valence-corrected chi connectivity index (χ4v) is 7.08. The van der Waals surface area contributed by atoms with Crippen LogP contribution in [0.3, 0.4) is 0 Å². The second-order valence-corrected chi connectivity index (χ2v) is 12.8. The van der Waals surface area contributed by atoms with Crippen LogP contribution in [0.2, 0.25) is 0 Å². The number of piperazine rings is 1. The van der Waals surface area contributed by atoms with Crippen molar-refractivity contribution in [3.63, 3.8) is 0 Å². The Bertz CT molecular complexity index is 1940. The minimum absolute atomic E-state index is 0.0314. The molecule has 1 saturated heterocycles. The predicted octanol–water partition coefficient (Wildman–Crippen LogP) is 4.25.